The maximum Gasteiger partial charge on any atom is 0.412 e. The molecule has 5 rings (SSSR count). The molecule has 12 heteroatoms. The molecule has 1 heterocycles. The molecule has 1 aliphatic heterocycles. The highest BCUT2D eigenvalue weighted by Crippen LogP contribution is 2.61. The van der Waals surface area contributed by atoms with Crippen LogP contribution in [0.5, 0.6) is 11.5 Å². The molecule has 2 aromatic carbocycles. The minimum atomic E-state index is -1.41. The van der Waals surface area contributed by atoms with Crippen molar-refractivity contribution in [2.24, 2.45) is 22.9 Å². The van der Waals surface area contributed by atoms with Gasteiger partial charge in [-0.15, -0.1) is 6.58 Å². The van der Waals surface area contributed by atoms with Gasteiger partial charge in [-0.05, 0) is 99.4 Å². The molecule has 6 atom stereocenters. The molecule has 0 saturated heterocycles. The van der Waals surface area contributed by atoms with Gasteiger partial charge in [0.25, 0.3) is 5.91 Å². The summed E-state index contributed by atoms with van der Waals surface area (Å²) in [7, 11) is 1.73. The topological polar surface area (TPSA) is 163 Å². The van der Waals surface area contributed by atoms with Crippen LogP contribution in [0.3, 0.4) is 0 Å². The van der Waals surface area contributed by atoms with Crippen LogP contribution in [-0.4, -0.2) is 84.7 Å². The van der Waals surface area contributed by atoms with E-state index in [1.165, 1.54) is 0 Å². The van der Waals surface area contributed by atoms with Crippen molar-refractivity contribution < 1.29 is 38.9 Å². The number of hydrogen-bond donors (Lipinski definition) is 3. The number of likely N-dealkylation sites (N-methyl/N-ethyl adjacent to an activating group) is 1. The van der Waals surface area contributed by atoms with Gasteiger partial charge in [-0.3, -0.25) is 4.79 Å². The van der Waals surface area contributed by atoms with Gasteiger partial charge in [-0.2, -0.15) is 5.26 Å². The predicted molar refractivity (Wildman–Crippen MR) is 200 cm³/mol. The van der Waals surface area contributed by atoms with Crippen LogP contribution in [0.15, 0.2) is 71.9 Å². The lowest BCUT2D eigenvalue weighted by Gasteiger charge is -2.59. The Labute approximate surface area is 312 Å². The molecule has 1 fully saturated rings. The van der Waals surface area contributed by atoms with Gasteiger partial charge >= 0.3 is 6.09 Å². The summed E-state index contributed by atoms with van der Waals surface area (Å²) in [6, 6.07) is 13.3. The van der Waals surface area contributed by atoms with Crippen molar-refractivity contribution in [3.05, 3.63) is 83.5 Å². The lowest BCUT2D eigenvalue weighted by molar-refractivity contribution is -0.252. The Kier molecular flexibility index (Phi) is 13.7. The van der Waals surface area contributed by atoms with Gasteiger partial charge in [0.2, 0.25) is 5.79 Å². The number of oxime groups is 1. The molecule has 3 N–H and O–H groups in total. The molecular weight excluding hydrogens is 676 g/mol. The highest BCUT2D eigenvalue weighted by Gasteiger charge is 2.65. The third-order valence-corrected chi connectivity index (χ3v) is 10.5. The van der Waals surface area contributed by atoms with Crippen molar-refractivity contribution >= 4 is 17.7 Å². The molecular formula is C41H52N4O8. The van der Waals surface area contributed by atoms with Gasteiger partial charge in [-0.1, -0.05) is 30.1 Å². The number of nitriles is 1. The Hall–Kier alpha value is -4.70. The summed E-state index contributed by atoms with van der Waals surface area (Å²) in [5, 5.41) is 36.3. The summed E-state index contributed by atoms with van der Waals surface area (Å²) in [6.07, 6.45) is 8.10. The molecule has 12 nitrogen and oxygen atoms in total. The largest absolute Gasteiger partial charge is 0.459 e. The molecule has 0 spiro atoms. The van der Waals surface area contributed by atoms with E-state index in [1.54, 1.807) is 54.4 Å². The van der Waals surface area contributed by atoms with E-state index in [9.17, 15) is 25.1 Å². The average Bonchev–Trinajstić information content (AvgIpc) is 3.17. The smallest absolute Gasteiger partial charge is 0.412 e. The molecule has 2 aliphatic carbocycles. The minimum Gasteiger partial charge on any atom is -0.459 e. The SMILES string of the molecule is C=CCOC12Oc3ccc(OC(=O)NCC)cc3C3C(CCCCO)C(CCCCO)C=C(C(=NOCC)CC1N(C)C(=O)c1ccc(C#N)cc1)C32. The van der Waals surface area contributed by atoms with E-state index < -0.39 is 23.8 Å². The van der Waals surface area contributed by atoms with Gasteiger partial charge in [0.1, 0.15) is 24.1 Å². The fourth-order valence-electron chi connectivity index (χ4n) is 8.25. The Bertz CT molecular complexity index is 1700. The Morgan fingerprint density at radius 1 is 1.11 bits per heavy atom. The first kappa shape index (κ1) is 39.5. The van der Waals surface area contributed by atoms with Crippen LogP contribution in [-0.2, 0) is 9.57 Å². The molecule has 53 heavy (non-hydrogen) atoms. The standard InChI is InChI=1S/C41H52N4O8/c1-5-22-50-41-36(45(4)39(48)28-16-14-27(26-42)15-17-28)25-34(44-51-7-3)32-23-29(12-8-10-20-46)31(13-9-11-21-47)37(38(32)41)33-24-30(18-19-35(33)53-41)52-40(49)43-6-2/h5,14-19,23-24,29,31,36-38,46-47H,1,6-13,20-22,25H2,2-4H3,(H,43,49). The number of unbranched alkanes of at least 4 members (excludes halogenated alkanes) is 2. The van der Waals surface area contributed by atoms with Crippen molar-refractivity contribution in [3.8, 4) is 17.6 Å². The first-order valence-corrected chi connectivity index (χ1v) is 18.7. The zero-order chi connectivity index (χ0) is 38.0. The summed E-state index contributed by atoms with van der Waals surface area (Å²) in [5.41, 5.74) is 3.30. The lowest BCUT2D eigenvalue weighted by Crippen LogP contribution is -2.69. The molecule has 284 valence electrons. The number of aliphatic hydroxyl groups excluding tert-OH is 2. The van der Waals surface area contributed by atoms with Gasteiger partial charge < -0.3 is 39.5 Å². The Morgan fingerprint density at radius 3 is 2.51 bits per heavy atom. The monoisotopic (exact) mass is 728 g/mol. The molecule has 0 aromatic heterocycles. The predicted octanol–water partition coefficient (Wildman–Crippen LogP) is 6.09. The van der Waals surface area contributed by atoms with Crippen LogP contribution in [0.2, 0.25) is 0 Å². The highest BCUT2D eigenvalue weighted by molar-refractivity contribution is 6.03. The normalized spacial score (nSPS) is 24.8. The molecule has 2 aromatic rings. The van der Waals surface area contributed by atoms with Crippen LogP contribution in [0, 0.1) is 29.1 Å². The van der Waals surface area contributed by atoms with E-state index in [2.05, 4.69) is 29.2 Å². The van der Waals surface area contributed by atoms with Crippen LogP contribution >= 0.6 is 0 Å². The van der Waals surface area contributed by atoms with E-state index in [1.807, 2.05) is 19.9 Å². The van der Waals surface area contributed by atoms with Crippen molar-refractivity contribution in [2.75, 3.05) is 40.0 Å². The van der Waals surface area contributed by atoms with Gasteiger partial charge in [0.05, 0.1) is 29.9 Å². The molecule has 0 radical (unpaired) electrons. The maximum absolute atomic E-state index is 14.3. The summed E-state index contributed by atoms with van der Waals surface area (Å²) in [4.78, 5) is 34.3. The number of hydrogen-bond acceptors (Lipinski definition) is 10. The fraction of sp³-hybridized carbons (Fsp3) is 0.512. The molecule has 3 aliphatic rings. The fourth-order valence-corrected chi connectivity index (χ4v) is 8.25. The number of nitrogens with zero attached hydrogens (tertiary/aromatic N) is 3. The lowest BCUT2D eigenvalue weighted by atomic mass is 9.55. The number of ether oxygens (including phenoxy) is 3. The van der Waals surface area contributed by atoms with Crippen LogP contribution < -0.4 is 14.8 Å². The second-order valence-corrected chi connectivity index (χ2v) is 13.7. The van der Waals surface area contributed by atoms with Crippen molar-refractivity contribution in [3.63, 3.8) is 0 Å². The molecule has 2 amide bonds. The summed E-state index contributed by atoms with van der Waals surface area (Å²) in [6.45, 7) is 8.69. The highest BCUT2D eigenvalue weighted by atomic mass is 16.7. The van der Waals surface area contributed by atoms with E-state index >= 15 is 0 Å². The number of allylic oxidation sites excluding steroid dienone is 1. The van der Waals surface area contributed by atoms with Crippen LogP contribution in [0.4, 0.5) is 4.79 Å². The third-order valence-electron chi connectivity index (χ3n) is 10.5. The number of carbonyl (C=O) groups excluding carboxylic acids is 2. The van der Waals surface area contributed by atoms with Gasteiger partial charge in [-0.25, -0.2) is 4.79 Å². The van der Waals surface area contributed by atoms with Crippen molar-refractivity contribution in [1.82, 2.24) is 10.2 Å². The Balaban J connectivity index is 1.75. The van der Waals surface area contributed by atoms with E-state index in [0.717, 1.165) is 36.8 Å². The van der Waals surface area contributed by atoms with E-state index in [4.69, 9.17) is 19.0 Å². The quantitative estimate of drug-likeness (QED) is 0.0994. The number of carbonyl (C=O) groups is 2. The Morgan fingerprint density at radius 2 is 1.85 bits per heavy atom. The first-order chi connectivity index (χ1) is 25.8. The second-order valence-electron chi connectivity index (χ2n) is 13.7. The third kappa shape index (κ3) is 8.43. The van der Waals surface area contributed by atoms with Crippen LogP contribution in [0.1, 0.15) is 86.2 Å². The number of rotatable bonds is 17. The minimum absolute atomic E-state index is 0.0229. The van der Waals surface area contributed by atoms with Gasteiger partial charge in [0.15, 0.2) is 0 Å². The number of nitrogens with one attached hydrogen (secondary N) is 1. The zero-order valence-electron chi connectivity index (χ0n) is 31.0. The van der Waals surface area contributed by atoms with E-state index in [-0.39, 0.29) is 49.9 Å². The first-order valence-electron chi connectivity index (χ1n) is 18.7. The average molecular weight is 729 g/mol. The van der Waals surface area contributed by atoms with Crippen molar-refractivity contribution in [1.29, 1.82) is 5.26 Å². The van der Waals surface area contributed by atoms with Crippen LogP contribution in [0.25, 0.3) is 0 Å². The summed E-state index contributed by atoms with van der Waals surface area (Å²) >= 11 is 0. The number of amides is 2. The number of fused-ring (bicyclic) bond motifs is 2. The second kappa shape index (κ2) is 18.4. The summed E-state index contributed by atoms with van der Waals surface area (Å²) < 4.78 is 19.7. The van der Waals surface area contributed by atoms with E-state index in [0.29, 0.717) is 54.3 Å². The molecule has 6 unspecified atom stereocenters. The van der Waals surface area contributed by atoms with Gasteiger partial charge in [0, 0.05) is 50.3 Å². The number of aliphatic hydroxyl groups is 2. The summed E-state index contributed by atoms with van der Waals surface area (Å²) in [5.74, 6) is -1.43. The molecule has 0 bridgehead atoms. The zero-order valence-corrected chi connectivity index (χ0v) is 31.0. The molecule has 1 saturated carbocycles. The maximum atomic E-state index is 14.3. The number of benzene rings is 2. The van der Waals surface area contributed by atoms with Crippen molar-refractivity contribution in [2.45, 2.75) is 76.5 Å².